The standard InChI is InChI=1S/C13H17N5O6/c14-11-8-12(16-4-15-11)18(6(17-8)1-2-7(20)21)13-10(23)9(22)5(3-19)24-13/h4-5,9-10,13,19,22-23H,1-3H2,(H,20,21)(H2,14,15,16)/t5-,9-,10-,13-/m1/s1. The van der Waals surface area contributed by atoms with Crippen molar-refractivity contribution in [3.05, 3.63) is 12.2 Å². The van der Waals surface area contributed by atoms with Crippen LogP contribution in [0.2, 0.25) is 0 Å². The summed E-state index contributed by atoms with van der Waals surface area (Å²) in [5, 5.41) is 38.3. The topological polar surface area (TPSA) is 177 Å². The van der Waals surface area contributed by atoms with Crippen molar-refractivity contribution in [1.29, 1.82) is 0 Å². The van der Waals surface area contributed by atoms with Crippen LogP contribution in [0.1, 0.15) is 18.5 Å². The first-order chi connectivity index (χ1) is 11.4. The number of aliphatic carboxylic acids is 1. The lowest BCUT2D eigenvalue weighted by Crippen LogP contribution is -2.33. The Bertz CT molecular complexity index is 765. The molecule has 0 amide bonds. The zero-order valence-electron chi connectivity index (χ0n) is 12.5. The van der Waals surface area contributed by atoms with Crippen LogP contribution in [0, 0.1) is 0 Å². The third kappa shape index (κ3) is 2.67. The number of aliphatic hydroxyl groups excluding tert-OH is 3. The predicted octanol–water partition coefficient (Wildman–Crippen LogP) is -1.96. The third-order valence-electron chi connectivity index (χ3n) is 3.91. The van der Waals surface area contributed by atoms with E-state index in [0.29, 0.717) is 0 Å². The molecule has 2 aromatic heterocycles. The van der Waals surface area contributed by atoms with Crippen molar-refractivity contribution in [2.45, 2.75) is 37.4 Å². The van der Waals surface area contributed by atoms with Gasteiger partial charge in [0.05, 0.1) is 13.0 Å². The van der Waals surface area contributed by atoms with Gasteiger partial charge in [0.2, 0.25) is 0 Å². The number of aliphatic hydroxyl groups is 3. The number of nitrogens with zero attached hydrogens (tertiary/aromatic N) is 4. The van der Waals surface area contributed by atoms with Crippen molar-refractivity contribution < 1.29 is 30.0 Å². The summed E-state index contributed by atoms with van der Waals surface area (Å²) < 4.78 is 6.89. The van der Waals surface area contributed by atoms with E-state index in [1.165, 1.54) is 10.9 Å². The molecule has 0 unspecified atom stereocenters. The molecule has 0 bridgehead atoms. The lowest BCUT2D eigenvalue weighted by atomic mass is 10.1. The summed E-state index contributed by atoms with van der Waals surface area (Å²) in [6, 6.07) is 0. The number of carbonyl (C=O) groups is 1. The SMILES string of the molecule is Nc1ncnc2c1nc(CCC(=O)O)n2[C@@H]1O[C@H](CO)[C@@H](O)[C@H]1O. The summed E-state index contributed by atoms with van der Waals surface area (Å²) in [6.45, 7) is -0.483. The quantitative estimate of drug-likeness (QED) is 0.411. The number of carboxylic acid groups (broad SMARTS) is 1. The average Bonchev–Trinajstić information content (AvgIpc) is 3.05. The molecule has 1 fully saturated rings. The first-order valence-corrected chi connectivity index (χ1v) is 7.25. The van der Waals surface area contributed by atoms with Crippen molar-refractivity contribution in [1.82, 2.24) is 19.5 Å². The average molecular weight is 339 g/mol. The fraction of sp³-hybridized carbons (Fsp3) is 0.538. The van der Waals surface area contributed by atoms with Crippen molar-refractivity contribution in [2.24, 2.45) is 0 Å². The Morgan fingerprint density at radius 3 is 2.71 bits per heavy atom. The fourth-order valence-corrected chi connectivity index (χ4v) is 2.73. The maximum atomic E-state index is 10.9. The van der Waals surface area contributed by atoms with Gasteiger partial charge in [0, 0.05) is 6.42 Å². The number of anilines is 1. The summed E-state index contributed by atoms with van der Waals surface area (Å²) in [6.07, 6.45) is -3.67. The normalized spacial score (nSPS) is 27.0. The highest BCUT2D eigenvalue weighted by Gasteiger charge is 2.44. The fourth-order valence-electron chi connectivity index (χ4n) is 2.73. The number of aromatic nitrogens is 4. The molecule has 130 valence electrons. The minimum absolute atomic E-state index is 0.0393. The van der Waals surface area contributed by atoms with E-state index < -0.39 is 37.1 Å². The molecule has 0 radical (unpaired) electrons. The molecule has 3 rings (SSSR count). The highest BCUT2D eigenvalue weighted by Crippen LogP contribution is 2.33. The summed E-state index contributed by atoms with van der Waals surface area (Å²) in [5.41, 5.74) is 6.27. The predicted molar refractivity (Wildman–Crippen MR) is 78.7 cm³/mol. The zero-order chi connectivity index (χ0) is 17.4. The molecule has 24 heavy (non-hydrogen) atoms. The van der Waals surface area contributed by atoms with E-state index in [9.17, 15) is 20.1 Å². The molecule has 1 aliphatic heterocycles. The first-order valence-electron chi connectivity index (χ1n) is 7.25. The minimum Gasteiger partial charge on any atom is -0.481 e. The number of nitrogen functional groups attached to an aromatic ring is 1. The molecular weight excluding hydrogens is 322 g/mol. The highest BCUT2D eigenvalue weighted by molar-refractivity contribution is 5.82. The molecule has 0 aliphatic carbocycles. The van der Waals surface area contributed by atoms with Gasteiger partial charge in [0.25, 0.3) is 0 Å². The van der Waals surface area contributed by atoms with Crippen LogP contribution >= 0.6 is 0 Å². The molecule has 4 atom stereocenters. The Morgan fingerprint density at radius 2 is 2.08 bits per heavy atom. The second-order valence-electron chi connectivity index (χ2n) is 5.45. The Labute approximate surface area is 135 Å². The van der Waals surface area contributed by atoms with Gasteiger partial charge in [0.15, 0.2) is 23.2 Å². The smallest absolute Gasteiger partial charge is 0.303 e. The van der Waals surface area contributed by atoms with E-state index in [-0.39, 0.29) is 35.6 Å². The van der Waals surface area contributed by atoms with Gasteiger partial charge in [0.1, 0.15) is 30.5 Å². The van der Waals surface area contributed by atoms with Crippen LogP contribution in [0.15, 0.2) is 6.33 Å². The Balaban J connectivity index is 2.09. The van der Waals surface area contributed by atoms with Gasteiger partial charge in [-0.1, -0.05) is 0 Å². The van der Waals surface area contributed by atoms with Gasteiger partial charge in [-0.3, -0.25) is 9.36 Å². The first kappa shape index (κ1) is 16.5. The van der Waals surface area contributed by atoms with E-state index in [2.05, 4.69) is 15.0 Å². The van der Waals surface area contributed by atoms with Crippen LogP contribution in [-0.2, 0) is 16.0 Å². The van der Waals surface area contributed by atoms with Gasteiger partial charge in [-0.2, -0.15) is 0 Å². The maximum Gasteiger partial charge on any atom is 0.303 e. The van der Waals surface area contributed by atoms with Crippen LogP contribution in [0.3, 0.4) is 0 Å². The van der Waals surface area contributed by atoms with E-state index in [1.807, 2.05) is 0 Å². The second kappa shape index (κ2) is 6.28. The van der Waals surface area contributed by atoms with Gasteiger partial charge in [-0.25, -0.2) is 15.0 Å². The molecular formula is C13H17N5O6. The van der Waals surface area contributed by atoms with Gasteiger partial charge in [-0.05, 0) is 0 Å². The summed E-state index contributed by atoms with van der Waals surface area (Å²) in [4.78, 5) is 23.0. The van der Waals surface area contributed by atoms with Crippen molar-refractivity contribution in [3.63, 3.8) is 0 Å². The van der Waals surface area contributed by atoms with E-state index in [4.69, 9.17) is 15.6 Å². The number of ether oxygens (including phenoxy) is 1. The molecule has 0 spiro atoms. The number of fused-ring (bicyclic) bond motifs is 1. The van der Waals surface area contributed by atoms with Crippen LogP contribution in [0.4, 0.5) is 5.82 Å². The molecule has 3 heterocycles. The summed E-state index contributed by atoms with van der Waals surface area (Å²) in [7, 11) is 0. The van der Waals surface area contributed by atoms with Gasteiger partial charge >= 0.3 is 5.97 Å². The van der Waals surface area contributed by atoms with Crippen molar-refractivity contribution in [3.8, 4) is 0 Å². The molecule has 6 N–H and O–H groups in total. The van der Waals surface area contributed by atoms with Crippen molar-refractivity contribution in [2.75, 3.05) is 12.3 Å². The lowest BCUT2D eigenvalue weighted by Gasteiger charge is -2.19. The van der Waals surface area contributed by atoms with Crippen LogP contribution in [-0.4, -0.2) is 70.8 Å². The van der Waals surface area contributed by atoms with Gasteiger partial charge in [-0.15, -0.1) is 0 Å². The largest absolute Gasteiger partial charge is 0.481 e. The number of hydrogen-bond donors (Lipinski definition) is 5. The summed E-state index contributed by atoms with van der Waals surface area (Å²) in [5.74, 6) is -0.648. The minimum atomic E-state index is -1.35. The zero-order valence-corrected chi connectivity index (χ0v) is 12.5. The molecule has 1 aliphatic rings. The number of hydrogen-bond acceptors (Lipinski definition) is 9. The van der Waals surface area contributed by atoms with Crippen LogP contribution in [0.5, 0.6) is 0 Å². The number of aryl methyl sites for hydroxylation is 1. The van der Waals surface area contributed by atoms with E-state index in [1.54, 1.807) is 0 Å². The monoisotopic (exact) mass is 339 g/mol. The Kier molecular flexibility index (Phi) is 4.32. The molecule has 11 heteroatoms. The van der Waals surface area contributed by atoms with E-state index in [0.717, 1.165) is 0 Å². The number of carboxylic acids is 1. The highest BCUT2D eigenvalue weighted by atomic mass is 16.6. The number of imidazole rings is 1. The van der Waals surface area contributed by atoms with E-state index >= 15 is 0 Å². The number of rotatable bonds is 5. The Morgan fingerprint density at radius 1 is 1.33 bits per heavy atom. The maximum absolute atomic E-state index is 10.9. The number of nitrogens with two attached hydrogens (primary N) is 1. The lowest BCUT2D eigenvalue weighted by molar-refractivity contribution is -0.137. The summed E-state index contributed by atoms with van der Waals surface area (Å²) >= 11 is 0. The van der Waals surface area contributed by atoms with Gasteiger partial charge < -0.3 is 30.9 Å². The molecule has 1 saturated heterocycles. The second-order valence-corrected chi connectivity index (χ2v) is 5.45. The van der Waals surface area contributed by atoms with Crippen LogP contribution < -0.4 is 5.73 Å². The molecule has 11 nitrogen and oxygen atoms in total. The Hall–Kier alpha value is -2.34. The molecule has 2 aromatic rings. The third-order valence-corrected chi connectivity index (χ3v) is 3.91. The molecule has 0 saturated carbocycles. The van der Waals surface area contributed by atoms with Crippen LogP contribution in [0.25, 0.3) is 11.2 Å². The molecule has 0 aromatic carbocycles. The van der Waals surface area contributed by atoms with Crippen molar-refractivity contribution >= 4 is 23.0 Å².